The molecule has 9 atom stereocenters. The Bertz CT molecular complexity index is 1390. The van der Waals surface area contributed by atoms with Crippen LogP contribution in [0.15, 0.2) is 91.0 Å². The lowest BCUT2D eigenvalue weighted by Crippen LogP contribution is -2.62. The molecule has 1 aliphatic heterocycles. The second kappa shape index (κ2) is 17.4. The van der Waals surface area contributed by atoms with Crippen LogP contribution in [0.1, 0.15) is 64.2 Å². The smallest absolute Gasteiger partial charge is 0.192 e. The number of hydrogen-bond acceptors (Lipinski definition) is 6. The predicted octanol–water partition coefficient (Wildman–Crippen LogP) is 9.55. The number of halogens is 1. The Hall–Kier alpha value is -2.07. The normalized spacial score (nSPS) is 29.5. The Morgan fingerprint density at radius 2 is 1.14 bits per heavy atom. The van der Waals surface area contributed by atoms with E-state index in [1.807, 2.05) is 54.6 Å². The minimum Gasteiger partial charge on any atom is -0.411 e. The van der Waals surface area contributed by atoms with Gasteiger partial charge in [0.2, 0.25) is 0 Å². The highest BCUT2D eigenvalue weighted by Crippen LogP contribution is 2.43. The summed E-state index contributed by atoms with van der Waals surface area (Å²) in [5, 5.41) is 0.0611. The fourth-order valence-electron chi connectivity index (χ4n) is 6.74. The van der Waals surface area contributed by atoms with Crippen molar-refractivity contribution in [3.8, 4) is 0 Å². The molecule has 0 aromatic heterocycles. The van der Waals surface area contributed by atoms with Gasteiger partial charge in [0.1, 0.15) is 18.3 Å². The molecule has 0 bridgehead atoms. The molecule has 1 saturated heterocycles. The van der Waals surface area contributed by atoms with Crippen molar-refractivity contribution in [2.45, 2.75) is 128 Å². The molecule has 0 amide bonds. The fraction of sp³-hybridized carbons (Fsp3) is 0.561. The van der Waals surface area contributed by atoms with Crippen LogP contribution in [-0.4, -0.2) is 57.1 Å². The van der Waals surface area contributed by atoms with Crippen molar-refractivity contribution in [1.82, 2.24) is 0 Å². The molecule has 1 heterocycles. The molecule has 8 heteroatoms. The molecule has 3 aromatic carbocycles. The van der Waals surface area contributed by atoms with Gasteiger partial charge in [0, 0.05) is 5.88 Å². The third-order valence-electron chi connectivity index (χ3n) is 10.5. The monoisotopic (exact) mass is 708 g/mol. The number of hydrogen-bond donors (Lipinski definition) is 0. The van der Waals surface area contributed by atoms with Gasteiger partial charge in [0.05, 0.1) is 38.1 Å². The van der Waals surface area contributed by atoms with Crippen LogP contribution in [0.3, 0.4) is 0 Å². The highest BCUT2D eigenvalue weighted by atomic mass is 35.5. The zero-order valence-electron chi connectivity index (χ0n) is 30.4. The molecule has 6 nitrogen and oxygen atoms in total. The third kappa shape index (κ3) is 10.3. The van der Waals surface area contributed by atoms with Crippen LogP contribution in [0.2, 0.25) is 18.1 Å². The van der Waals surface area contributed by atoms with Crippen molar-refractivity contribution >= 4 is 19.9 Å². The standard InChI is InChI=1S/C41H57ClO6Si/c1-29-23-34(25-42)24-35(48-49(6,7)41(3,4)5)36(29)47-40-39(45-28-33-21-15-10-16-22-33)38(44-27-32-19-13-9-14-20-32)37(30(2)46-40)43-26-31-17-11-8-12-18-31/h8-22,29-30,34-40H,23-28H2,1-7H3/t29-,30+,34+,35-,36+,37-,38-,39+,40+/m0/s1. The molecular formula is C41H57ClO6Si. The van der Waals surface area contributed by atoms with E-state index in [1.54, 1.807) is 0 Å². The summed E-state index contributed by atoms with van der Waals surface area (Å²) in [6.45, 7) is 17.0. The molecule has 0 unspecified atom stereocenters. The van der Waals surface area contributed by atoms with Crippen LogP contribution in [-0.2, 0) is 47.9 Å². The van der Waals surface area contributed by atoms with Gasteiger partial charge in [-0.2, -0.15) is 0 Å². The van der Waals surface area contributed by atoms with Crippen LogP contribution >= 0.6 is 11.6 Å². The number of benzene rings is 3. The summed E-state index contributed by atoms with van der Waals surface area (Å²) in [7, 11) is -2.12. The molecule has 0 radical (unpaired) electrons. The Morgan fingerprint density at radius 1 is 0.673 bits per heavy atom. The molecule has 3 aromatic rings. The molecule has 5 rings (SSSR count). The van der Waals surface area contributed by atoms with Gasteiger partial charge in [-0.3, -0.25) is 0 Å². The van der Waals surface area contributed by atoms with Gasteiger partial charge in [-0.25, -0.2) is 0 Å². The first-order chi connectivity index (χ1) is 23.4. The van der Waals surface area contributed by atoms with Crippen molar-refractivity contribution in [2.75, 3.05) is 5.88 Å². The van der Waals surface area contributed by atoms with Crippen LogP contribution in [0, 0.1) is 11.8 Å². The van der Waals surface area contributed by atoms with Crippen LogP contribution in [0.25, 0.3) is 0 Å². The first-order valence-corrected chi connectivity index (χ1v) is 21.4. The van der Waals surface area contributed by atoms with Gasteiger partial charge in [-0.15, -0.1) is 11.6 Å². The average Bonchev–Trinajstić information content (AvgIpc) is 3.08. The zero-order valence-corrected chi connectivity index (χ0v) is 32.2. The Labute approximate surface area is 300 Å². The second-order valence-corrected chi connectivity index (χ2v) is 20.5. The summed E-state index contributed by atoms with van der Waals surface area (Å²) < 4.78 is 41.4. The predicted molar refractivity (Wildman–Crippen MR) is 199 cm³/mol. The Kier molecular flexibility index (Phi) is 13.6. The summed E-state index contributed by atoms with van der Waals surface area (Å²) in [5.74, 6) is 1.21. The van der Waals surface area contributed by atoms with E-state index < -0.39 is 32.9 Å². The van der Waals surface area contributed by atoms with E-state index in [0.29, 0.717) is 31.6 Å². The van der Waals surface area contributed by atoms with Crippen molar-refractivity contribution in [1.29, 1.82) is 0 Å². The first-order valence-electron chi connectivity index (χ1n) is 18.0. The zero-order chi connectivity index (χ0) is 35.0. The Morgan fingerprint density at radius 3 is 1.61 bits per heavy atom. The maximum absolute atomic E-state index is 7.14. The lowest BCUT2D eigenvalue weighted by Gasteiger charge is -2.50. The van der Waals surface area contributed by atoms with Gasteiger partial charge in [0.25, 0.3) is 0 Å². The summed E-state index contributed by atoms with van der Waals surface area (Å²) in [5.41, 5.74) is 3.24. The molecule has 268 valence electrons. The van der Waals surface area contributed by atoms with Crippen molar-refractivity contribution in [3.05, 3.63) is 108 Å². The van der Waals surface area contributed by atoms with Crippen LogP contribution < -0.4 is 0 Å². The molecule has 49 heavy (non-hydrogen) atoms. The molecule has 2 aliphatic rings. The molecule has 2 fully saturated rings. The van der Waals surface area contributed by atoms with E-state index in [0.717, 1.165) is 29.5 Å². The summed E-state index contributed by atoms with van der Waals surface area (Å²) in [4.78, 5) is 0. The van der Waals surface area contributed by atoms with E-state index in [2.05, 4.69) is 84.1 Å². The van der Waals surface area contributed by atoms with Crippen LogP contribution in [0.5, 0.6) is 0 Å². The molecule has 1 aliphatic carbocycles. The van der Waals surface area contributed by atoms with Crippen LogP contribution in [0.4, 0.5) is 0 Å². The summed E-state index contributed by atoms with van der Waals surface area (Å²) in [6.07, 6.45) is -0.888. The molecular weight excluding hydrogens is 652 g/mol. The molecule has 0 spiro atoms. The van der Waals surface area contributed by atoms with Gasteiger partial charge >= 0.3 is 0 Å². The van der Waals surface area contributed by atoms with E-state index in [1.165, 1.54) is 0 Å². The van der Waals surface area contributed by atoms with Crippen molar-refractivity contribution in [2.24, 2.45) is 11.8 Å². The quantitative estimate of drug-likeness (QED) is 0.123. The number of ether oxygens (including phenoxy) is 5. The lowest BCUT2D eigenvalue weighted by atomic mass is 9.79. The average molecular weight is 709 g/mol. The highest BCUT2D eigenvalue weighted by molar-refractivity contribution is 6.74. The van der Waals surface area contributed by atoms with E-state index in [9.17, 15) is 0 Å². The fourth-order valence-corrected chi connectivity index (χ4v) is 8.33. The summed E-state index contributed by atoms with van der Waals surface area (Å²) >= 11 is 6.49. The lowest BCUT2D eigenvalue weighted by molar-refractivity contribution is -0.338. The number of rotatable bonds is 14. The SMILES string of the molecule is C[C@H]1C[C@@H](CCl)C[C@H](O[Si](C)(C)C(C)(C)C)[C@@H]1O[C@H]1O[C@H](C)[C@H](OCc2ccccc2)[C@H](OCc2ccccc2)[C@H]1OCc1ccccc1. The minimum atomic E-state index is -2.12. The minimum absolute atomic E-state index is 0.0611. The van der Waals surface area contributed by atoms with Crippen molar-refractivity contribution < 1.29 is 28.1 Å². The molecule has 1 saturated carbocycles. The van der Waals surface area contributed by atoms with Gasteiger partial charge < -0.3 is 28.1 Å². The van der Waals surface area contributed by atoms with Gasteiger partial charge in [0.15, 0.2) is 14.6 Å². The van der Waals surface area contributed by atoms with Gasteiger partial charge in [-0.05, 0) is 66.4 Å². The maximum Gasteiger partial charge on any atom is 0.192 e. The first kappa shape index (κ1) is 38.2. The highest BCUT2D eigenvalue weighted by Gasteiger charge is 2.51. The maximum atomic E-state index is 7.14. The van der Waals surface area contributed by atoms with Crippen molar-refractivity contribution in [3.63, 3.8) is 0 Å². The van der Waals surface area contributed by atoms with E-state index in [4.69, 9.17) is 39.7 Å². The Balaban J connectivity index is 1.46. The second-order valence-electron chi connectivity index (χ2n) is 15.5. The summed E-state index contributed by atoms with van der Waals surface area (Å²) in [6, 6.07) is 30.7. The topological polar surface area (TPSA) is 55.4 Å². The van der Waals surface area contributed by atoms with E-state index in [-0.39, 0.29) is 29.3 Å². The largest absolute Gasteiger partial charge is 0.411 e. The van der Waals surface area contributed by atoms with E-state index >= 15 is 0 Å². The third-order valence-corrected chi connectivity index (χ3v) is 15.5. The van der Waals surface area contributed by atoms with Gasteiger partial charge in [-0.1, -0.05) is 119 Å². The molecule has 0 N–H and O–H groups in total. The number of alkyl halides is 1.